The van der Waals surface area contributed by atoms with Crippen LogP contribution in [0.3, 0.4) is 0 Å². The predicted molar refractivity (Wildman–Crippen MR) is 306 cm³/mol. The first-order chi connectivity index (χ1) is 42.6. The third kappa shape index (κ3) is 17.8. The highest BCUT2D eigenvalue weighted by Crippen LogP contribution is 2.31. The van der Waals surface area contributed by atoms with E-state index in [-0.39, 0.29) is 0 Å². The van der Waals surface area contributed by atoms with E-state index in [0.717, 1.165) is 0 Å². The van der Waals surface area contributed by atoms with E-state index in [4.69, 9.17) is 0 Å². The van der Waals surface area contributed by atoms with E-state index < -0.39 is 144 Å². The second kappa shape index (κ2) is 36.3. The molecule has 0 radical (unpaired) electrons. The molecule has 0 amide bonds. The Balaban J connectivity index is 0.000000324. The molecule has 0 aliphatic carbocycles. The molecular weight excluding hydrogens is 1210 g/mol. The van der Waals surface area contributed by atoms with Crippen LogP contribution >= 0.6 is 0 Å². The van der Waals surface area contributed by atoms with E-state index in [9.17, 15) is 52.7 Å². The predicted octanol–water partition coefficient (Wildman–Crippen LogP) is 20.0. The number of nitrogens with one attached hydrogen (secondary N) is 1. The van der Waals surface area contributed by atoms with Gasteiger partial charge in [0.2, 0.25) is 0 Å². The van der Waals surface area contributed by atoms with Crippen LogP contribution in [0, 0.1) is 116 Å². The Morgan fingerprint density at radius 3 is 0.742 bits per heavy atom. The number of aryl methyl sites for hydroxylation is 2. The monoisotopic (exact) mass is 1290 g/mol. The number of unbranched alkanes of at least 4 members (excludes halogenated alkanes) is 29. The van der Waals surface area contributed by atoms with Gasteiger partial charge in [0.1, 0.15) is 52.7 Å². The van der Waals surface area contributed by atoms with Gasteiger partial charge in [0.25, 0.3) is 5.82 Å². The molecule has 0 saturated carbocycles. The second-order valence-corrected chi connectivity index (χ2v) is 23.0. The molecule has 5 aromatic carbocycles. The number of halogens is 20. The fourth-order valence-corrected chi connectivity index (χ4v) is 12.0. The van der Waals surface area contributed by atoms with Crippen LogP contribution in [-0.2, 0) is 13.0 Å². The number of benzene rings is 5. The van der Waals surface area contributed by atoms with Gasteiger partial charge >= 0.3 is 0 Å². The number of H-pyrrole nitrogens is 1. The molecule has 2 nitrogen and oxygen atoms in total. The summed E-state index contributed by atoms with van der Waals surface area (Å²) in [4.78, 5) is 3.78. The fraction of sp³-hybridized carbons (Fsp3) is 0.530. The van der Waals surface area contributed by atoms with Gasteiger partial charge in [-0.3, -0.25) is 0 Å². The zero-order valence-corrected chi connectivity index (χ0v) is 50.2. The van der Waals surface area contributed by atoms with E-state index in [0.29, 0.717) is 0 Å². The Morgan fingerprint density at radius 1 is 0.270 bits per heavy atom. The Morgan fingerprint density at radius 2 is 0.483 bits per heavy atom. The summed E-state index contributed by atoms with van der Waals surface area (Å²) in [6.45, 7) is 5.79. The van der Waals surface area contributed by atoms with Crippen molar-refractivity contribution < 1.29 is 92.4 Å². The van der Waals surface area contributed by atoms with Gasteiger partial charge < -0.3 is 0 Å². The van der Waals surface area contributed by atoms with Crippen molar-refractivity contribution >= 4 is 39.0 Å². The topological polar surface area (TPSA) is 19.7 Å². The Labute approximate surface area is 507 Å². The lowest BCUT2D eigenvalue weighted by atomic mass is 9.12. The number of imidazole rings is 1. The number of fused-ring (bicyclic) bond motifs is 1. The highest BCUT2D eigenvalue weighted by atomic mass is 19.2. The molecule has 0 unspecified atom stereocenters. The first kappa shape index (κ1) is 74.0. The van der Waals surface area contributed by atoms with Crippen molar-refractivity contribution in [1.82, 2.24) is 4.98 Å². The summed E-state index contributed by atoms with van der Waals surface area (Å²) < 4.78 is 297. The van der Waals surface area contributed by atoms with Crippen molar-refractivity contribution in [1.29, 1.82) is 0 Å². The summed E-state index contributed by atoms with van der Waals surface area (Å²) in [7, 11) is 0. The molecule has 0 fully saturated rings. The first-order valence-corrected chi connectivity index (χ1v) is 31.3. The third-order valence-corrected chi connectivity index (χ3v) is 16.8. The minimum Gasteiger partial charge on any atom is -0.241 e. The average Bonchev–Trinajstić information content (AvgIpc) is 1.07. The number of nitrogens with zero attached hydrogens (tertiary/aromatic N) is 1. The van der Waals surface area contributed by atoms with Crippen LogP contribution in [-0.4, -0.2) is 11.1 Å². The van der Waals surface area contributed by atoms with Gasteiger partial charge in [0.15, 0.2) is 80.8 Å². The number of aromatic nitrogens is 2. The van der Waals surface area contributed by atoms with Crippen LogP contribution in [0.15, 0.2) is 24.3 Å². The van der Waals surface area contributed by atoms with E-state index >= 15 is 35.1 Å². The average molecular weight is 1290 g/mol. The normalized spacial score (nSPS) is 11.8. The van der Waals surface area contributed by atoms with Crippen molar-refractivity contribution in [3.63, 3.8) is 0 Å². The number of hydrogen-bond donors (Lipinski definition) is 1. The van der Waals surface area contributed by atoms with Crippen molar-refractivity contribution in [3.8, 4) is 0 Å². The Bertz CT molecular complexity index is 2860. The number of aromatic amines is 1. The molecule has 89 heavy (non-hydrogen) atoms. The standard InChI is InChI=1S/C42H76N2.C24BF20/c1-3-5-7-9-11-13-15-17-19-20-22-24-26-28-30-32-38-42-43-40-36-33-34-37-41(40)44(42)39-35-31-29-27-25-23-21-18-16-14-12-10-8-6-4-2;26-5-1(6(27)14(35)21(42)13(5)34)25(2-7(28)15(36)22(43)16(37)8(2)29,3-9(30)17(38)23(44)18(39)10(3)31)4-11(32)19(40)24(45)20(41)12(4)33/h33-34,36-37H,3-32,35,38-39H2,1-2H3;/q;-1/p+1. The molecule has 0 bridgehead atoms. The number of hydrogen-bond acceptors (Lipinski definition) is 0. The SMILES string of the molecule is CCCCCCCCCCCCCCCCCCc1[nH]c2ccccc2[n+]1CCCCCCCCCCCCCCCCC.Fc1c(F)c(F)c([B-](c2c(F)c(F)c(F)c(F)c2F)(c2c(F)c(F)c(F)c(F)c2F)c2c(F)c(F)c(F)c(F)c2F)c(F)c1F. The van der Waals surface area contributed by atoms with Crippen molar-refractivity contribution in [2.24, 2.45) is 0 Å². The third-order valence-electron chi connectivity index (χ3n) is 16.8. The summed E-state index contributed by atoms with van der Waals surface area (Å²) in [6.07, 6.45) is 38.5. The summed E-state index contributed by atoms with van der Waals surface area (Å²) in [5, 5.41) is 0. The largest absolute Gasteiger partial charge is 0.255 e. The molecule has 0 atom stereocenters. The zero-order chi connectivity index (χ0) is 65.5. The zero-order valence-electron chi connectivity index (χ0n) is 50.2. The molecule has 1 aromatic heterocycles. The van der Waals surface area contributed by atoms with E-state index in [1.807, 2.05) is 0 Å². The van der Waals surface area contributed by atoms with Crippen molar-refractivity contribution in [2.45, 2.75) is 226 Å². The van der Waals surface area contributed by atoms with E-state index in [1.165, 1.54) is 229 Å². The van der Waals surface area contributed by atoms with Gasteiger partial charge in [-0.05, 0) is 31.4 Å². The maximum absolute atomic E-state index is 15.4. The molecule has 0 saturated heterocycles. The Hall–Kier alpha value is -5.77. The van der Waals surface area contributed by atoms with Crippen LogP contribution in [0.1, 0.15) is 219 Å². The number of rotatable bonds is 37. The fourth-order valence-electron chi connectivity index (χ4n) is 12.0. The molecule has 6 aromatic rings. The quantitative estimate of drug-likeness (QED) is 0.0100. The van der Waals surface area contributed by atoms with Gasteiger partial charge in [-0.1, -0.05) is 206 Å². The van der Waals surface area contributed by atoms with Gasteiger partial charge in [0, 0.05) is 6.42 Å². The molecule has 0 aliphatic rings. The maximum atomic E-state index is 15.4. The van der Waals surface area contributed by atoms with Gasteiger partial charge in [-0.15, -0.1) is 21.9 Å². The highest BCUT2D eigenvalue weighted by molar-refractivity contribution is 7.20. The summed E-state index contributed by atoms with van der Waals surface area (Å²) in [6, 6.07) is 8.95. The van der Waals surface area contributed by atoms with Gasteiger partial charge in [0.05, 0.1) is 6.54 Å². The van der Waals surface area contributed by atoms with Crippen LogP contribution < -0.4 is 26.4 Å². The maximum Gasteiger partial charge on any atom is 0.255 e. The molecule has 0 aliphatic heterocycles. The molecular formula is C66H77BF20N2. The lowest BCUT2D eigenvalue weighted by Crippen LogP contribution is -2.81. The first-order valence-electron chi connectivity index (χ1n) is 31.3. The van der Waals surface area contributed by atoms with Crippen LogP contribution in [0.5, 0.6) is 0 Å². The number of para-hydroxylation sites is 2. The Kier molecular flexibility index (Phi) is 30.2. The summed E-state index contributed by atoms with van der Waals surface area (Å²) in [5.41, 5.74) is -11.6. The second-order valence-electron chi connectivity index (χ2n) is 23.0. The minimum atomic E-state index is -7.22. The lowest BCUT2D eigenvalue weighted by Gasteiger charge is -2.44. The van der Waals surface area contributed by atoms with Crippen molar-refractivity contribution in [2.75, 3.05) is 0 Å². The molecule has 1 heterocycles. The van der Waals surface area contributed by atoms with Crippen LogP contribution in [0.4, 0.5) is 87.8 Å². The van der Waals surface area contributed by atoms with E-state index in [2.05, 4.69) is 47.7 Å². The van der Waals surface area contributed by atoms with E-state index in [1.54, 1.807) is 0 Å². The highest BCUT2D eigenvalue weighted by Gasteiger charge is 2.52. The summed E-state index contributed by atoms with van der Waals surface area (Å²) >= 11 is 0. The molecule has 0 spiro atoms. The lowest BCUT2D eigenvalue weighted by molar-refractivity contribution is -0.679. The van der Waals surface area contributed by atoms with Crippen molar-refractivity contribution in [3.05, 3.63) is 146 Å². The molecule has 494 valence electrons. The van der Waals surface area contributed by atoms with Gasteiger partial charge in [-0.25, -0.2) is 97.4 Å². The summed E-state index contributed by atoms with van der Waals surface area (Å²) in [5.74, 6) is -69.9. The van der Waals surface area contributed by atoms with Crippen LogP contribution in [0.25, 0.3) is 11.0 Å². The molecule has 23 heteroatoms. The minimum absolute atomic E-state index is 1.18. The van der Waals surface area contributed by atoms with Crippen LogP contribution in [0.2, 0.25) is 0 Å². The smallest absolute Gasteiger partial charge is 0.241 e. The van der Waals surface area contributed by atoms with Gasteiger partial charge in [-0.2, -0.15) is 0 Å². The molecule has 6 rings (SSSR count). The molecule has 1 N–H and O–H groups in total.